The van der Waals surface area contributed by atoms with Gasteiger partial charge in [-0.05, 0) is 19.3 Å². The Balaban J connectivity index is 2.91. The van der Waals surface area contributed by atoms with Gasteiger partial charge in [-0.1, -0.05) is 79.7 Å². The third-order valence-electron chi connectivity index (χ3n) is 3.85. The third kappa shape index (κ3) is 4.96. The molecule has 0 fully saturated rings. The van der Waals surface area contributed by atoms with E-state index in [1.54, 1.807) is 5.20 Å². The SMILES string of the molecule is CCCC/C(=C/CCCO)[Si](C)(C)c1ccccc1. The number of unbranched alkanes of at least 4 members (excludes halogenated alkanes) is 2. The van der Waals surface area contributed by atoms with E-state index in [1.165, 1.54) is 24.4 Å². The van der Waals surface area contributed by atoms with Crippen LogP contribution in [0.3, 0.4) is 0 Å². The molecule has 0 saturated carbocycles. The van der Waals surface area contributed by atoms with Crippen LogP contribution in [-0.4, -0.2) is 19.8 Å². The summed E-state index contributed by atoms with van der Waals surface area (Å²) >= 11 is 0. The Morgan fingerprint density at radius 2 is 1.84 bits per heavy atom. The molecule has 1 rings (SSSR count). The summed E-state index contributed by atoms with van der Waals surface area (Å²) < 4.78 is 0. The van der Waals surface area contributed by atoms with Crippen LogP contribution in [0.15, 0.2) is 41.6 Å². The Morgan fingerprint density at radius 1 is 1.16 bits per heavy atom. The Hall–Kier alpha value is -0.863. The van der Waals surface area contributed by atoms with E-state index in [-0.39, 0.29) is 0 Å². The summed E-state index contributed by atoms with van der Waals surface area (Å²) in [5, 5.41) is 12.1. The first kappa shape index (κ1) is 16.2. The summed E-state index contributed by atoms with van der Waals surface area (Å²) in [5.74, 6) is 0. The molecule has 0 spiro atoms. The third-order valence-corrected chi connectivity index (χ3v) is 7.69. The maximum atomic E-state index is 8.96. The van der Waals surface area contributed by atoms with Crippen LogP contribution in [0.4, 0.5) is 0 Å². The van der Waals surface area contributed by atoms with E-state index in [0.717, 1.165) is 12.8 Å². The molecule has 1 N–H and O–H groups in total. The van der Waals surface area contributed by atoms with E-state index in [1.807, 2.05) is 0 Å². The van der Waals surface area contributed by atoms with Crippen molar-refractivity contribution in [2.45, 2.75) is 52.1 Å². The van der Waals surface area contributed by atoms with Crippen LogP contribution in [0, 0.1) is 0 Å². The van der Waals surface area contributed by atoms with Crippen LogP contribution in [-0.2, 0) is 0 Å². The Kier molecular flexibility index (Phi) is 7.10. The van der Waals surface area contributed by atoms with Crippen molar-refractivity contribution in [1.82, 2.24) is 0 Å². The Morgan fingerprint density at radius 3 is 2.42 bits per heavy atom. The summed E-state index contributed by atoms with van der Waals surface area (Å²) in [6, 6.07) is 10.9. The second kappa shape index (κ2) is 8.34. The number of aliphatic hydroxyl groups is 1. The van der Waals surface area contributed by atoms with E-state index >= 15 is 0 Å². The molecule has 1 aromatic rings. The summed E-state index contributed by atoms with van der Waals surface area (Å²) in [7, 11) is -1.52. The number of rotatable bonds is 8. The molecule has 19 heavy (non-hydrogen) atoms. The number of hydrogen-bond acceptors (Lipinski definition) is 1. The molecule has 0 aliphatic rings. The fourth-order valence-electron chi connectivity index (χ4n) is 2.44. The van der Waals surface area contributed by atoms with E-state index in [9.17, 15) is 0 Å². The van der Waals surface area contributed by atoms with Gasteiger partial charge in [-0.2, -0.15) is 0 Å². The van der Waals surface area contributed by atoms with E-state index in [4.69, 9.17) is 5.11 Å². The minimum atomic E-state index is -1.52. The van der Waals surface area contributed by atoms with Gasteiger partial charge >= 0.3 is 0 Å². The molecule has 0 aromatic heterocycles. The molecule has 1 nitrogen and oxygen atoms in total. The average molecular weight is 276 g/mol. The minimum absolute atomic E-state index is 0.297. The van der Waals surface area contributed by atoms with Crippen molar-refractivity contribution >= 4 is 13.3 Å². The number of benzene rings is 1. The summed E-state index contributed by atoms with van der Waals surface area (Å²) in [6.45, 7) is 7.44. The van der Waals surface area contributed by atoms with Crippen LogP contribution < -0.4 is 5.19 Å². The van der Waals surface area contributed by atoms with Gasteiger partial charge in [0, 0.05) is 6.61 Å². The average Bonchev–Trinajstić information content (AvgIpc) is 2.43. The van der Waals surface area contributed by atoms with Gasteiger partial charge in [0.15, 0.2) is 0 Å². The first-order valence-corrected chi connectivity index (χ1v) is 10.5. The van der Waals surface area contributed by atoms with Crippen LogP contribution in [0.2, 0.25) is 13.1 Å². The lowest BCUT2D eigenvalue weighted by Gasteiger charge is -2.27. The molecule has 0 heterocycles. The van der Waals surface area contributed by atoms with Crippen molar-refractivity contribution in [2.75, 3.05) is 6.61 Å². The van der Waals surface area contributed by atoms with Crippen molar-refractivity contribution in [1.29, 1.82) is 0 Å². The first-order valence-electron chi connectivity index (χ1n) is 7.48. The van der Waals surface area contributed by atoms with Gasteiger partial charge in [0.25, 0.3) is 0 Å². The largest absolute Gasteiger partial charge is 0.396 e. The van der Waals surface area contributed by atoms with Gasteiger partial charge in [0.05, 0.1) is 0 Å². The van der Waals surface area contributed by atoms with Gasteiger partial charge in [0.2, 0.25) is 0 Å². The predicted molar refractivity (Wildman–Crippen MR) is 87.5 cm³/mol. The first-order chi connectivity index (χ1) is 9.12. The maximum absolute atomic E-state index is 8.96. The van der Waals surface area contributed by atoms with Crippen LogP contribution in [0.25, 0.3) is 0 Å². The van der Waals surface area contributed by atoms with Crippen molar-refractivity contribution in [3.63, 3.8) is 0 Å². The van der Waals surface area contributed by atoms with Crippen molar-refractivity contribution in [3.8, 4) is 0 Å². The van der Waals surface area contributed by atoms with Gasteiger partial charge in [-0.3, -0.25) is 0 Å². The monoisotopic (exact) mass is 276 g/mol. The van der Waals surface area contributed by atoms with Crippen molar-refractivity contribution in [2.24, 2.45) is 0 Å². The van der Waals surface area contributed by atoms with E-state index < -0.39 is 8.07 Å². The molecule has 106 valence electrons. The molecule has 0 amide bonds. The zero-order valence-electron chi connectivity index (χ0n) is 12.7. The molecule has 2 heteroatoms. The topological polar surface area (TPSA) is 20.2 Å². The van der Waals surface area contributed by atoms with E-state index in [2.05, 4.69) is 56.4 Å². The highest BCUT2D eigenvalue weighted by Crippen LogP contribution is 2.22. The summed E-state index contributed by atoms with van der Waals surface area (Å²) in [4.78, 5) is 0. The van der Waals surface area contributed by atoms with Crippen molar-refractivity contribution < 1.29 is 5.11 Å². The van der Waals surface area contributed by atoms with Crippen LogP contribution in [0.1, 0.15) is 39.0 Å². The van der Waals surface area contributed by atoms with Crippen LogP contribution >= 0.6 is 0 Å². The van der Waals surface area contributed by atoms with Gasteiger partial charge in [-0.25, -0.2) is 0 Å². The number of aliphatic hydroxyl groups excluding tert-OH is 1. The predicted octanol–water partition coefficient (Wildman–Crippen LogP) is 4.03. The van der Waals surface area contributed by atoms with Crippen molar-refractivity contribution in [3.05, 3.63) is 41.6 Å². The molecular formula is C17H28OSi. The fourth-order valence-corrected chi connectivity index (χ4v) is 5.30. The standard InChI is InChI=1S/C17H28OSi/c1-4-5-11-16(14-9-10-15-18)19(2,3)17-12-7-6-8-13-17/h6-8,12-14,18H,4-5,9-11,15H2,1-3H3/b16-14-. The lowest BCUT2D eigenvalue weighted by atomic mass is 10.2. The summed E-state index contributed by atoms with van der Waals surface area (Å²) in [6.07, 6.45) is 8.04. The van der Waals surface area contributed by atoms with Gasteiger partial charge < -0.3 is 5.11 Å². The summed E-state index contributed by atoms with van der Waals surface area (Å²) in [5.41, 5.74) is 0. The Bertz CT molecular complexity index is 382. The number of hydrogen-bond donors (Lipinski definition) is 1. The fraction of sp³-hybridized carbons (Fsp3) is 0.529. The minimum Gasteiger partial charge on any atom is -0.396 e. The lowest BCUT2D eigenvalue weighted by Crippen LogP contribution is -2.43. The smallest absolute Gasteiger partial charge is 0.107 e. The highest BCUT2D eigenvalue weighted by Gasteiger charge is 2.27. The molecule has 1 aromatic carbocycles. The normalized spacial score (nSPS) is 12.7. The second-order valence-electron chi connectivity index (χ2n) is 5.69. The molecule has 0 atom stereocenters. The molecule has 0 unspecified atom stereocenters. The molecule has 0 aliphatic heterocycles. The Labute approximate surface area is 119 Å². The van der Waals surface area contributed by atoms with Crippen LogP contribution in [0.5, 0.6) is 0 Å². The molecule has 0 bridgehead atoms. The number of allylic oxidation sites excluding steroid dienone is 2. The highest BCUT2D eigenvalue weighted by atomic mass is 28.3. The molecule has 0 saturated heterocycles. The van der Waals surface area contributed by atoms with Gasteiger partial charge in [0.1, 0.15) is 8.07 Å². The molecule has 0 aliphatic carbocycles. The maximum Gasteiger partial charge on any atom is 0.107 e. The lowest BCUT2D eigenvalue weighted by molar-refractivity contribution is 0.289. The molecule has 0 radical (unpaired) electrons. The van der Waals surface area contributed by atoms with E-state index in [0.29, 0.717) is 6.61 Å². The quantitative estimate of drug-likeness (QED) is 0.561. The zero-order chi connectivity index (χ0) is 14.1. The zero-order valence-corrected chi connectivity index (χ0v) is 13.7. The van der Waals surface area contributed by atoms with Gasteiger partial charge in [-0.15, -0.1) is 0 Å². The second-order valence-corrected chi connectivity index (χ2v) is 10.2. The highest BCUT2D eigenvalue weighted by molar-refractivity contribution is 6.95. The molecular weight excluding hydrogens is 248 g/mol.